The molecule has 4 aliphatic rings. The molecule has 5 unspecified atom stereocenters. The minimum absolute atomic E-state index is 0. The first kappa shape index (κ1) is 12.7. The minimum Gasteiger partial charge on any atom is -0.341 e. The first-order valence-electron chi connectivity index (χ1n) is 7.25. The van der Waals surface area contributed by atoms with E-state index in [4.69, 9.17) is 0 Å². The van der Waals surface area contributed by atoms with Crippen molar-refractivity contribution in [3.05, 3.63) is 0 Å². The highest BCUT2D eigenvalue weighted by molar-refractivity contribution is 5.85. The highest BCUT2D eigenvalue weighted by atomic mass is 35.5. The molecule has 5 atom stereocenters. The molecule has 3 nitrogen and oxygen atoms in total. The third-order valence-electron chi connectivity index (χ3n) is 5.93. The Bertz CT molecular complexity index is 346. The molecule has 18 heavy (non-hydrogen) atoms. The van der Waals surface area contributed by atoms with Crippen LogP contribution in [0.2, 0.25) is 0 Å². The van der Waals surface area contributed by atoms with Gasteiger partial charge >= 0.3 is 0 Å². The summed E-state index contributed by atoms with van der Waals surface area (Å²) in [6.07, 6.45) is 5.40. The predicted molar refractivity (Wildman–Crippen MR) is 72.6 cm³/mol. The van der Waals surface area contributed by atoms with Crippen LogP contribution in [-0.2, 0) is 4.79 Å². The topological polar surface area (TPSA) is 32.3 Å². The summed E-state index contributed by atoms with van der Waals surface area (Å²) in [5, 5.41) is 3.29. The van der Waals surface area contributed by atoms with Gasteiger partial charge in [0.1, 0.15) is 0 Å². The Morgan fingerprint density at radius 1 is 1.17 bits per heavy atom. The van der Waals surface area contributed by atoms with Crippen LogP contribution >= 0.6 is 12.4 Å². The summed E-state index contributed by atoms with van der Waals surface area (Å²) < 4.78 is 0. The molecule has 2 bridgehead atoms. The molecule has 4 rings (SSSR count). The van der Waals surface area contributed by atoms with Gasteiger partial charge in [-0.15, -0.1) is 12.4 Å². The SMILES string of the molecule is CNC1CCN(C(=O)C2C3C4CCC(C4)C23)C1.Cl. The van der Waals surface area contributed by atoms with Crippen LogP contribution in [0.15, 0.2) is 0 Å². The Morgan fingerprint density at radius 2 is 1.83 bits per heavy atom. The molecule has 4 fully saturated rings. The molecule has 1 amide bonds. The molecule has 3 aliphatic carbocycles. The van der Waals surface area contributed by atoms with Crippen LogP contribution in [0, 0.1) is 29.6 Å². The van der Waals surface area contributed by atoms with E-state index in [9.17, 15) is 4.79 Å². The number of hydrogen-bond donors (Lipinski definition) is 1. The van der Waals surface area contributed by atoms with Crippen molar-refractivity contribution in [1.82, 2.24) is 10.2 Å². The van der Waals surface area contributed by atoms with Gasteiger partial charge in [-0.2, -0.15) is 0 Å². The third kappa shape index (κ3) is 1.63. The quantitative estimate of drug-likeness (QED) is 0.825. The van der Waals surface area contributed by atoms with E-state index < -0.39 is 0 Å². The molecular weight excluding hydrogens is 248 g/mol. The number of likely N-dealkylation sites (tertiary alicyclic amines) is 1. The largest absolute Gasteiger partial charge is 0.341 e. The fourth-order valence-electron chi connectivity index (χ4n) is 5.06. The number of hydrogen-bond acceptors (Lipinski definition) is 2. The Kier molecular flexibility index (Phi) is 3.10. The van der Waals surface area contributed by atoms with Gasteiger partial charge in [0.2, 0.25) is 5.91 Å². The number of amides is 1. The lowest BCUT2D eigenvalue weighted by Gasteiger charge is -2.18. The van der Waals surface area contributed by atoms with Gasteiger partial charge in [-0.25, -0.2) is 0 Å². The molecule has 4 heteroatoms. The average molecular weight is 271 g/mol. The van der Waals surface area contributed by atoms with Crippen molar-refractivity contribution in [2.45, 2.75) is 31.7 Å². The van der Waals surface area contributed by atoms with E-state index in [1.54, 1.807) is 0 Å². The number of nitrogens with one attached hydrogen (secondary N) is 1. The van der Waals surface area contributed by atoms with Crippen molar-refractivity contribution in [2.24, 2.45) is 29.6 Å². The van der Waals surface area contributed by atoms with Crippen molar-refractivity contribution < 1.29 is 4.79 Å². The summed E-state index contributed by atoms with van der Waals surface area (Å²) in [5.41, 5.74) is 0. The fourth-order valence-corrected chi connectivity index (χ4v) is 5.06. The van der Waals surface area contributed by atoms with Crippen LogP contribution in [0.4, 0.5) is 0 Å². The van der Waals surface area contributed by atoms with E-state index in [1.807, 2.05) is 7.05 Å². The van der Waals surface area contributed by atoms with Crippen LogP contribution in [-0.4, -0.2) is 37.0 Å². The zero-order valence-electron chi connectivity index (χ0n) is 11.0. The number of fused-ring (bicyclic) bond motifs is 5. The van der Waals surface area contributed by atoms with Crippen molar-refractivity contribution in [3.63, 3.8) is 0 Å². The predicted octanol–water partition coefficient (Wildman–Crippen LogP) is 1.52. The first-order chi connectivity index (χ1) is 8.29. The summed E-state index contributed by atoms with van der Waals surface area (Å²) in [4.78, 5) is 14.6. The van der Waals surface area contributed by atoms with Gasteiger partial charge in [0.15, 0.2) is 0 Å². The Morgan fingerprint density at radius 3 is 2.39 bits per heavy atom. The van der Waals surface area contributed by atoms with Crippen LogP contribution < -0.4 is 5.32 Å². The first-order valence-corrected chi connectivity index (χ1v) is 7.25. The summed E-state index contributed by atoms with van der Waals surface area (Å²) in [7, 11) is 2.00. The van der Waals surface area contributed by atoms with E-state index in [-0.39, 0.29) is 12.4 Å². The summed E-state index contributed by atoms with van der Waals surface area (Å²) in [5.74, 6) is 4.37. The van der Waals surface area contributed by atoms with E-state index in [2.05, 4.69) is 10.2 Å². The number of carbonyl (C=O) groups excluding carboxylic acids is 1. The smallest absolute Gasteiger partial charge is 0.226 e. The molecule has 1 aliphatic heterocycles. The number of carbonyl (C=O) groups is 1. The average Bonchev–Trinajstić information content (AvgIpc) is 2.79. The maximum atomic E-state index is 12.5. The molecular formula is C14H23ClN2O. The molecule has 0 spiro atoms. The van der Waals surface area contributed by atoms with Crippen LogP contribution in [0.3, 0.4) is 0 Å². The van der Waals surface area contributed by atoms with Crippen molar-refractivity contribution >= 4 is 18.3 Å². The lowest BCUT2D eigenvalue weighted by molar-refractivity contribution is -0.132. The van der Waals surface area contributed by atoms with Gasteiger partial charge in [-0.1, -0.05) is 0 Å². The van der Waals surface area contributed by atoms with E-state index in [1.165, 1.54) is 19.3 Å². The molecule has 1 N–H and O–H groups in total. The second-order valence-corrected chi connectivity index (χ2v) is 6.57. The van der Waals surface area contributed by atoms with Crippen molar-refractivity contribution in [3.8, 4) is 0 Å². The molecule has 1 saturated heterocycles. The van der Waals surface area contributed by atoms with Gasteiger partial charge < -0.3 is 10.2 Å². The van der Waals surface area contributed by atoms with E-state index in [0.717, 1.165) is 43.2 Å². The summed E-state index contributed by atoms with van der Waals surface area (Å²) in [6, 6.07) is 0.536. The highest BCUT2D eigenvalue weighted by Crippen LogP contribution is 2.69. The molecule has 0 aromatic rings. The second kappa shape index (κ2) is 4.38. The Balaban J connectivity index is 0.000001000. The van der Waals surface area contributed by atoms with E-state index in [0.29, 0.717) is 17.9 Å². The molecule has 0 radical (unpaired) electrons. The standard InChI is InChI=1S/C14H22N2O.ClH/c1-15-10-4-5-16(7-10)14(17)13-11-8-2-3-9(6-8)12(11)13;/h8-13,15H,2-7H2,1H3;1H. The van der Waals surface area contributed by atoms with Crippen LogP contribution in [0.5, 0.6) is 0 Å². The van der Waals surface area contributed by atoms with Gasteiger partial charge in [0, 0.05) is 25.0 Å². The van der Waals surface area contributed by atoms with Crippen molar-refractivity contribution in [2.75, 3.05) is 20.1 Å². The lowest BCUT2D eigenvalue weighted by Crippen LogP contribution is -2.35. The summed E-state index contributed by atoms with van der Waals surface area (Å²) in [6.45, 7) is 1.93. The molecule has 0 aromatic heterocycles. The third-order valence-corrected chi connectivity index (χ3v) is 5.93. The second-order valence-electron chi connectivity index (χ2n) is 6.57. The van der Waals surface area contributed by atoms with Gasteiger partial charge in [-0.05, 0) is 56.4 Å². The lowest BCUT2D eigenvalue weighted by atomic mass is 10.0. The fraction of sp³-hybridized carbons (Fsp3) is 0.929. The zero-order chi connectivity index (χ0) is 11.6. The summed E-state index contributed by atoms with van der Waals surface area (Å²) >= 11 is 0. The van der Waals surface area contributed by atoms with E-state index >= 15 is 0 Å². The number of likely N-dealkylation sites (N-methyl/N-ethyl adjacent to an activating group) is 1. The van der Waals surface area contributed by atoms with Crippen LogP contribution in [0.25, 0.3) is 0 Å². The zero-order valence-corrected chi connectivity index (χ0v) is 11.8. The monoisotopic (exact) mass is 270 g/mol. The maximum absolute atomic E-state index is 12.5. The number of halogens is 1. The molecule has 102 valence electrons. The van der Waals surface area contributed by atoms with Gasteiger partial charge in [0.05, 0.1) is 0 Å². The molecule has 1 heterocycles. The molecule has 0 aromatic carbocycles. The Labute approximate surface area is 115 Å². The molecule has 3 saturated carbocycles. The Hall–Kier alpha value is -0.280. The van der Waals surface area contributed by atoms with Gasteiger partial charge in [-0.3, -0.25) is 4.79 Å². The normalized spacial score (nSPS) is 47.9. The number of nitrogens with zero attached hydrogens (tertiary/aromatic N) is 1. The van der Waals surface area contributed by atoms with Crippen LogP contribution in [0.1, 0.15) is 25.7 Å². The number of rotatable bonds is 2. The van der Waals surface area contributed by atoms with Crippen molar-refractivity contribution in [1.29, 1.82) is 0 Å². The minimum atomic E-state index is 0. The van der Waals surface area contributed by atoms with Gasteiger partial charge in [0.25, 0.3) is 0 Å². The highest BCUT2D eigenvalue weighted by Gasteiger charge is 2.68. The maximum Gasteiger partial charge on any atom is 0.226 e.